The molecular formula is C16H16N2O5S. The number of nitro benzene ring substituents is 2. The molecule has 126 valence electrons. The molecule has 2 aromatic carbocycles. The second kappa shape index (κ2) is 7.89. The molecule has 0 saturated carbocycles. The minimum atomic E-state index is -0.664. The average molecular weight is 348 g/mol. The van der Waals surface area contributed by atoms with Gasteiger partial charge in [-0.1, -0.05) is 37.3 Å². The minimum Gasteiger partial charge on any atom is -0.306 e. The Morgan fingerprint density at radius 2 is 1.67 bits per heavy atom. The monoisotopic (exact) mass is 348 g/mol. The van der Waals surface area contributed by atoms with E-state index >= 15 is 0 Å². The van der Waals surface area contributed by atoms with Gasteiger partial charge < -0.3 is 4.18 Å². The van der Waals surface area contributed by atoms with E-state index in [-0.39, 0.29) is 28.3 Å². The predicted molar refractivity (Wildman–Crippen MR) is 91.0 cm³/mol. The summed E-state index contributed by atoms with van der Waals surface area (Å²) in [5.41, 5.74) is 0.439. The first kappa shape index (κ1) is 17.9. The molecule has 0 fully saturated rings. The van der Waals surface area contributed by atoms with E-state index in [9.17, 15) is 20.2 Å². The van der Waals surface area contributed by atoms with Gasteiger partial charge in [0.25, 0.3) is 11.4 Å². The van der Waals surface area contributed by atoms with Crippen molar-refractivity contribution in [1.29, 1.82) is 0 Å². The van der Waals surface area contributed by atoms with Crippen LogP contribution in [0.2, 0.25) is 0 Å². The highest BCUT2D eigenvalue weighted by Gasteiger charge is 2.22. The maximum Gasteiger partial charge on any atom is 0.292 e. The number of rotatable bonds is 7. The normalized spacial score (nSPS) is 13.2. The average Bonchev–Trinajstić information content (AvgIpc) is 2.59. The Labute approximate surface area is 143 Å². The lowest BCUT2D eigenvalue weighted by Crippen LogP contribution is -2.13. The molecule has 2 atom stereocenters. The molecule has 0 aromatic heterocycles. The van der Waals surface area contributed by atoms with Gasteiger partial charge >= 0.3 is 0 Å². The summed E-state index contributed by atoms with van der Waals surface area (Å²) >= 11 is 0.863. The van der Waals surface area contributed by atoms with Crippen molar-refractivity contribution in [2.24, 2.45) is 0 Å². The molecule has 0 heterocycles. The molecule has 0 radical (unpaired) electrons. The van der Waals surface area contributed by atoms with Crippen LogP contribution < -0.4 is 0 Å². The van der Waals surface area contributed by atoms with Crippen molar-refractivity contribution in [2.45, 2.75) is 30.8 Å². The molecule has 0 unspecified atom stereocenters. The lowest BCUT2D eigenvalue weighted by atomic mass is 9.97. The van der Waals surface area contributed by atoms with Crippen LogP contribution in [0.1, 0.15) is 25.3 Å². The van der Waals surface area contributed by atoms with Crippen molar-refractivity contribution in [3.63, 3.8) is 0 Å². The molecule has 24 heavy (non-hydrogen) atoms. The highest BCUT2D eigenvalue weighted by Crippen LogP contribution is 2.35. The van der Waals surface area contributed by atoms with E-state index < -0.39 is 9.85 Å². The van der Waals surface area contributed by atoms with Gasteiger partial charge in [0, 0.05) is 24.0 Å². The Hall–Kier alpha value is -2.45. The van der Waals surface area contributed by atoms with Crippen molar-refractivity contribution < 1.29 is 14.0 Å². The number of nitrogens with zero attached hydrogens (tertiary/aromatic N) is 2. The fourth-order valence-electron chi connectivity index (χ4n) is 2.07. The molecule has 2 aromatic rings. The second-order valence-electron chi connectivity index (χ2n) is 5.25. The molecule has 8 heteroatoms. The summed E-state index contributed by atoms with van der Waals surface area (Å²) in [4.78, 5) is 20.8. The zero-order valence-electron chi connectivity index (χ0n) is 13.1. The third-order valence-corrected chi connectivity index (χ3v) is 4.59. The zero-order chi connectivity index (χ0) is 17.7. The summed E-state index contributed by atoms with van der Waals surface area (Å²) in [6, 6.07) is 13.3. The third-order valence-electron chi connectivity index (χ3n) is 3.67. The van der Waals surface area contributed by atoms with E-state index in [1.807, 2.05) is 44.2 Å². The molecule has 0 aliphatic carbocycles. The van der Waals surface area contributed by atoms with E-state index in [0.29, 0.717) is 0 Å². The van der Waals surface area contributed by atoms with Crippen molar-refractivity contribution in [1.82, 2.24) is 0 Å². The Balaban J connectivity index is 2.11. The van der Waals surface area contributed by atoms with Crippen LogP contribution in [-0.4, -0.2) is 16.0 Å². The topological polar surface area (TPSA) is 95.5 Å². The Bertz CT molecular complexity index is 739. The lowest BCUT2D eigenvalue weighted by Gasteiger charge is -2.19. The largest absolute Gasteiger partial charge is 0.306 e. The maximum atomic E-state index is 11.1. The van der Waals surface area contributed by atoms with Crippen LogP contribution in [0.3, 0.4) is 0 Å². The quantitative estimate of drug-likeness (QED) is 0.408. The number of hydrogen-bond donors (Lipinski definition) is 0. The first-order chi connectivity index (χ1) is 11.4. The van der Waals surface area contributed by atoms with Gasteiger partial charge in [0.2, 0.25) is 0 Å². The van der Waals surface area contributed by atoms with Crippen LogP contribution in [0.25, 0.3) is 0 Å². The predicted octanol–water partition coefficient (Wildman–Crippen LogP) is 4.72. The minimum absolute atomic E-state index is 0.0933. The molecule has 7 nitrogen and oxygen atoms in total. The molecule has 0 bridgehead atoms. The van der Waals surface area contributed by atoms with Crippen LogP contribution in [0.15, 0.2) is 53.4 Å². The van der Waals surface area contributed by atoms with Crippen molar-refractivity contribution >= 4 is 23.4 Å². The van der Waals surface area contributed by atoms with Gasteiger partial charge in [-0.05, 0) is 18.6 Å². The van der Waals surface area contributed by atoms with Crippen molar-refractivity contribution in [2.75, 3.05) is 0 Å². The first-order valence-electron chi connectivity index (χ1n) is 7.21. The summed E-state index contributed by atoms with van der Waals surface area (Å²) in [6.07, 6.45) is -0.202. The van der Waals surface area contributed by atoms with E-state index in [1.54, 1.807) is 0 Å². The standard InChI is InChI=1S/C16H16N2O5S/c1-11(13-6-4-3-5-7-13)12(2)23-24-16-9-8-14(17(19)20)10-15(16)18(21)22/h3-12H,1-2H3/t11-,12-/m1/s1. The maximum absolute atomic E-state index is 11.1. The molecule has 0 saturated heterocycles. The second-order valence-corrected chi connectivity index (χ2v) is 6.05. The fourth-order valence-corrected chi connectivity index (χ4v) is 2.84. The smallest absolute Gasteiger partial charge is 0.292 e. The van der Waals surface area contributed by atoms with Gasteiger partial charge in [0.1, 0.15) is 4.90 Å². The van der Waals surface area contributed by atoms with E-state index in [0.717, 1.165) is 23.7 Å². The number of nitro groups is 2. The van der Waals surface area contributed by atoms with Crippen molar-refractivity contribution in [3.05, 3.63) is 74.3 Å². The third kappa shape index (κ3) is 4.30. The fraction of sp³-hybridized carbons (Fsp3) is 0.250. The molecule has 0 aliphatic rings. The highest BCUT2D eigenvalue weighted by atomic mass is 32.2. The van der Waals surface area contributed by atoms with Gasteiger partial charge in [0.15, 0.2) is 0 Å². The summed E-state index contributed by atoms with van der Waals surface area (Å²) in [7, 11) is 0. The van der Waals surface area contributed by atoms with Gasteiger partial charge in [-0.2, -0.15) is 0 Å². The van der Waals surface area contributed by atoms with Gasteiger partial charge in [-0.25, -0.2) is 0 Å². The number of benzene rings is 2. The molecule has 0 N–H and O–H groups in total. The van der Waals surface area contributed by atoms with Crippen molar-refractivity contribution in [3.8, 4) is 0 Å². The van der Waals surface area contributed by atoms with E-state index in [4.69, 9.17) is 4.18 Å². The Kier molecular flexibility index (Phi) is 5.88. The molecule has 0 aliphatic heterocycles. The Morgan fingerprint density at radius 3 is 2.25 bits per heavy atom. The number of non-ortho nitro benzene ring substituents is 1. The number of hydrogen-bond acceptors (Lipinski definition) is 6. The van der Waals surface area contributed by atoms with E-state index in [1.165, 1.54) is 12.1 Å². The molecule has 0 spiro atoms. The first-order valence-corrected chi connectivity index (χ1v) is 7.95. The van der Waals surface area contributed by atoms with Gasteiger partial charge in [-0.3, -0.25) is 20.2 Å². The molecule has 2 rings (SSSR count). The van der Waals surface area contributed by atoms with Crippen LogP contribution in [-0.2, 0) is 4.18 Å². The SMILES string of the molecule is C[C@@H](OSc1ccc([N+](=O)[O-])cc1[N+](=O)[O-])[C@@H](C)c1ccccc1. The van der Waals surface area contributed by atoms with Crippen LogP contribution >= 0.6 is 12.0 Å². The summed E-state index contributed by atoms with van der Waals surface area (Å²) < 4.78 is 5.68. The van der Waals surface area contributed by atoms with Crippen LogP contribution in [0, 0.1) is 20.2 Å². The van der Waals surface area contributed by atoms with Crippen LogP contribution in [0.4, 0.5) is 11.4 Å². The summed E-state index contributed by atoms with van der Waals surface area (Å²) in [5.74, 6) is 0.0933. The highest BCUT2D eigenvalue weighted by molar-refractivity contribution is 7.94. The summed E-state index contributed by atoms with van der Waals surface area (Å²) in [5, 5.41) is 21.9. The van der Waals surface area contributed by atoms with E-state index in [2.05, 4.69) is 0 Å². The summed E-state index contributed by atoms with van der Waals surface area (Å²) in [6.45, 7) is 3.88. The zero-order valence-corrected chi connectivity index (χ0v) is 13.9. The van der Waals surface area contributed by atoms with Crippen LogP contribution in [0.5, 0.6) is 0 Å². The lowest BCUT2D eigenvalue weighted by molar-refractivity contribution is -0.396. The Morgan fingerprint density at radius 1 is 1.00 bits per heavy atom. The molecule has 0 amide bonds. The van der Waals surface area contributed by atoms with Gasteiger partial charge in [0.05, 0.1) is 22.0 Å². The van der Waals surface area contributed by atoms with Gasteiger partial charge in [-0.15, -0.1) is 0 Å². The molecular weight excluding hydrogens is 332 g/mol.